The largest absolute Gasteiger partial charge is 0.507 e. The van der Waals surface area contributed by atoms with Crippen LogP contribution in [0.3, 0.4) is 0 Å². The Bertz CT molecular complexity index is 445. The topological polar surface area (TPSA) is 73.1 Å². The van der Waals surface area contributed by atoms with Crippen molar-refractivity contribution in [2.75, 3.05) is 0 Å². The Balaban J connectivity index is 2.94. The lowest BCUT2D eigenvalue weighted by Gasteiger charge is -2.25. The second kappa shape index (κ2) is 5.35. The highest BCUT2D eigenvalue weighted by molar-refractivity contribution is 5.97. The minimum absolute atomic E-state index is 0.0796. The zero-order chi connectivity index (χ0) is 12.9. The Morgan fingerprint density at radius 2 is 2.00 bits per heavy atom. The van der Waals surface area contributed by atoms with Crippen LogP contribution in [0.4, 0.5) is 0 Å². The first-order valence-corrected chi connectivity index (χ1v) is 5.60. The number of nitrogens with one attached hydrogen (secondary N) is 1. The van der Waals surface area contributed by atoms with E-state index in [1.54, 1.807) is 12.1 Å². The van der Waals surface area contributed by atoms with Crippen molar-refractivity contribution < 1.29 is 9.90 Å². The summed E-state index contributed by atoms with van der Waals surface area (Å²) in [4.78, 5) is 11.9. The highest BCUT2D eigenvalue weighted by Crippen LogP contribution is 2.19. The van der Waals surface area contributed by atoms with E-state index in [1.807, 2.05) is 13.8 Å². The van der Waals surface area contributed by atoms with Gasteiger partial charge in [-0.25, -0.2) is 0 Å². The first kappa shape index (κ1) is 13.0. The number of phenols is 1. The summed E-state index contributed by atoms with van der Waals surface area (Å²) < 4.78 is 0. The number of phenolic OH excluding ortho intramolecular Hbond substituents is 1. The summed E-state index contributed by atoms with van der Waals surface area (Å²) in [5.41, 5.74) is -0.673. The van der Waals surface area contributed by atoms with E-state index in [-0.39, 0.29) is 11.3 Å². The van der Waals surface area contributed by atoms with Crippen LogP contribution in [0.2, 0.25) is 0 Å². The number of hydrogen-bond acceptors (Lipinski definition) is 3. The van der Waals surface area contributed by atoms with Gasteiger partial charge in [0, 0.05) is 0 Å². The Labute approximate surface area is 101 Å². The fraction of sp³-hybridized carbons (Fsp3) is 0.385. The molecule has 0 unspecified atom stereocenters. The monoisotopic (exact) mass is 232 g/mol. The number of carbonyl (C=O) groups is 1. The lowest BCUT2D eigenvalue weighted by atomic mass is 9.94. The zero-order valence-corrected chi connectivity index (χ0v) is 10.0. The average molecular weight is 232 g/mol. The van der Waals surface area contributed by atoms with Crippen molar-refractivity contribution in [3.05, 3.63) is 29.8 Å². The second-order valence-electron chi connectivity index (χ2n) is 3.87. The van der Waals surface area contributed by atoms with Gasteiger partial charge in [-0.05, 0) is 25.0 Å². The maximum absolute atomic E-state index is 11.9. The third-order valence-corrected chi connectivity index (χ3v) is 2.92. The van der Waals surface area contributed by atoms with Gasteiger partial charge in [-0.2, -0.15) is 5.26 Å². The van der Waals surface area contributed by atoms with Gasteiger partial charge in [0.25, 0.3) is 5.91 Å². The SMILES string of the molecule is CCC(C#N)(CC)NC(=O)c1ccccc1O. The molecule has 1 amide bonds. The summed E-state index contributed by atoms with van der Waals surface area (Å²) in [7, 11) is 0. The summed E-state index contributed by atoms with van der Waals surface area (Å²) in [6.07, 6.45) is 1.05. The van der Waals surface area contributed by atoms with Crippen molar-refractivity contribution in [2.45, 2.75) is 32.2 Å². The molecule has 1 rings (SSSR count). The van der Waals surface area contributed by atoms with Crippen LogP contribution in [0, 0.1) is 11.3 Å². The molecule has 0 bridgehead atoms. The molecule has 0 saturated heterocycles. The standard InChI is InChI=1S/C13H16N2O2/c1-3-13(4-2,9-14)15-12(17)10-7-5-6-8-11(10)16/h5-8,16H,3-4H2,1-2H3,(H,15,17). The lowest BCUT2D eigenvalue weighted by Crippen LogP contribution is -2.46. The molecule has 0 aliphatic rings. The highest BCUT2D eigenvalue weighted by atomic mass is 16.3. The average Bonchev–Trinajstić information content (AvgIpc) is 2.36. The van der Waals surface area contributed by atoms with Crippen molar-refractivity contribution in [2.24, 2.45) is 0 Å². The fourth-order valence-corrected chi connectivity index (χ4v) is 1.56. The molecule has 0 radical (unpaired) electrons. The predicted octanol–water partition coefficient (Wildman–Crippen LogP) is 2.20. The molecule has 4 heteroatoms. The number of rotatable bonds is 4. The normalized spacial score (nSPS) is 10.6. The van der Waals surface area contributed by atoms with Gasteiger partial charge in [0.1, 0.15) is 11.3 Å². The molecule has 0 atom stereocenters. The number of aromatic hydroxyl groups is 1. The van der Waals surface area contributed by atoms with E-state index in [0.717, 1.165) is 0 Å². The van der Waals surface area contributed by atoms with E-state index in [2.05, 4.69) is 11.4 Å². The Hall–Kier alpha value is -2.02. The molecule has 0 aromatic heterocycles. The highest BCUT2D eigenvalue weighted by Gasteiger charge is 2.28. The number of para-hydroxylation sites is 1. The molecule has 0 aliphatic heterocycles. The maximum atomic E-state index is 11.9. The Morgan fingerprint density at radius 1 is 1.41 bits per heavy atom. The molecule has 0 heterocycles. The van der Waals surface area contributed by atoms with Gasteiger partial charge < -0.3 is 10.4 Å². The van der Waals surface area contributed by atoms with Crippen LogP contribution in [-0.4, -0.2) is 16.6 Å². The summed E-state index contributed by atoms with van der Waals surface area (Å²) in [6, 6.07) is 8.40. The lowest BCUT2D eigenvalue weighted by molar-refractivity contribution is 0.0913. The van der Waals surface area contributed by atoms with Gasteiger partial charge in [0.15, 0.2) is 0 Å². The van der Waals surface area contributed by atoms with E-state index in [0.29, 0.717) is 12.8 Å². The molecule has 4 nitrogen and oxygen atoms in total. The molecular weight excluding hydrogens is 216 g/mol. The van der Waals surface area contributed by atoms with E-state index in [4.69, 9.17) is 5.26 Å². The summed E-state index contributed by atoms with van der Waals surface area (Å²) in [5, 5.41) is 21.3. The minimum Gasteiger partial charge on any atom is -0.507 e. The molecule has 0 saturated carbocycles. The van der Waals surface area contributed by atoms with Gasteiger partial charge in [0.05, 0.1) is 11.6 Å². The maximum Gasteiger partial charge on any atom is 0.256 e. The van der Waals surface area contributed by atoms with E-state index >= 15 is 0 Å². The second-order valence-corrected chi connectivity index (χ2v) is 3.87. The zero-order valence-electron chi connectivity index (χ0n) is 10.0. The summed E-state index contributed by atoms with van der Waals surface area (Å²) in [6.45, 7) is 3.69. The Morgan fingerprint density at radius 3 is 2.47 bits per heavy atom. The van der Waals surface area contributed by atoms with Crippen LogP contribution in [0.1, 0.15) is 37.0 Å². The van der Waals surface area contributed by atoms with E-state index in [9.17, 15) is 9.90 Å². The molecule has 90 valence electrons. The number of nitriles is 1. The molecule has 0 fully saturated rings. The molecule has 0 spiro atoms. The van der Waals surface area contributed by atoms with Gasteiger partial charge >= 0.3 is 0 Å². The van der Waals surface area contributed by atoms with Crippen LogP contribution in [-0.2, 0) is 0 Å². The molecule has 1 aromatic rings. The third kappa shape index (κ3) is 2.76. The van der Waals surface area contributed by atoms with Crippen LogP contribution in [0.25, 0.3) is 0 Å². The molecule has 17 heavy (non-hydrogen) atoms. The van der Waals surface area contributed by atoms with Crippen LogP contribution < -0.4 is 5.32 Å². The molecule has 1 aromatic carbocycles. The fourth-order valence-electron chi connectivity index (χ4n) is 1.56. The van der Waals surface area contributed by atoms with Gasteiger partial charge in [-0.15, -0.1) is 0 Å². The number of amides is 1. The summed E-state index contributed by atoms with van der Waals surface area (Å²) in [5.74, 6) is -0.502. The van der Waals surface area contributed by atoms with Crippen LogP contribution in [0.5, 0.6) is 5.75 Å². The van der Waals surface area contributed by atoms with Crippen molar-refractivity contribution in [1.82, 2.24) is 5.32 Å². The van der Waals surface area contributed by atoms with E-state index < -0.39 is 11.4 Å². The van der Waals surface area contributed by atoms with Crippen LogP contribution >= 0.6 is 0 Å². The first-order chi connectivity index (χ1) is 8.08. The molecule has 2 N–H and O–H groups in total. The van der Waals surface area contributed by atoms with Crippen molar-refractivity contribution >= 4 is 5.91 Å². The quantitative estimate of drug-likeness (QED) is 0.835. The summed E-state index contributed by atoms with van der Waals surface area (Å²) >= 11 is 0. The van der Waals surface area contributed by atoms with E-state index in [1.165, 1.54) is 12.1 Å². The third-order valence-electron chi connectivity index (χ3n) is 2.92. The predicted molar refractivity (Wildman–Crippen MR) is 64.5 cm³/mol. The first-order valence-electron chi connectivity index (χ1n) is 5.60. The van der Waals surface area contributed by atoms with Crippen molar-refractivity contribution in [1.29, 1.82) is 5.26 Å². The van der Waals surface area contributed by atoms with Crippen molar-refractivity contribution in [3.63, 3.8) is 0 Å². The number of hydrogen-bond donors (Lipinski definition) is 2. The van der Waals surface area contributed by atoms with Crippen molar-refractivity contribution in [3.8, 4) is 11.8 Å². The minimum atomic E-state index is -0.862. The van der Waals surface area contributed by atoms with Gasteiger partial charge in [-0.1, -0.05) is 26.0 Å². The Kier molecular flexibility index (Phi) is 4.11. The van der Waals surface area contributed by atoms with Gasteiger partial charge in [-0.3, -0.25) is 4.79 Å². The van der Waals surface area contributed by atoms with Gasteiger partial charge in [0.2, 0.25) is 0 Å². The molecular formula is C13H16N2O2. The number of carbonyl (C=O) groups excluding carboxylic acids is 1. The van der Waals surface area contributed by atoms with Crippen LogP contribution in [0.15, 0.2) is 24.3 Å². The smallest absolute Gasteiger partial charge is 0.256 e. The number of benzene rings is 1. The molecule has 0 aliphatic carbocycles. The number of nitrogens with zero attached hydrogens (tertiary/aromatic N) is 1.